The predicted octanol–water partition coefficient (Wildman–Crippen LogP) is 3.95. The quantitative estimate of drug-likeness (QED) is 0.450. The minimum absolute atomic E-state index is 0.00515. The Balaban J connectivity index is 1.32. The topological polar surface area (TPSA) is 107 Å². The fourth-order valence-corrected chi connectivity index (χ4v) is 5.58. The van der Waals surface area contributed by atoms with Crippen molar-refractivity contribution in [3.05, 3.63) is 65.6 Å². The summed E-state index contributed by atoms with van der Waals surface area (Å²) in [6.07, 6.45) is 11.2. The summed E-state index contributed by atoms with van der Waals surface area (Å²) in [6.45, 7) is 4.22. The Bertz CT molecular complexity index is 1450. The highest BCUT2D eigenvalue weighted by Crippen LogP contribution is 2.40. The lowest BCUT2D eigenvalue weighted by molar-refractivity contribution is 0.288. The number of piperazine rings is 1. The lowest BCUT2D eigenvalue weighted by atomic mass is 10.1. The van der Waals surface area contributed by atoms with Crippen LogP contribution in [0.2, 0.25) is 5.02 Å². The van der Waals surface area contributed by atoms with Crippen LogP contribution in [0.25, 0.3) is 0 Å². The van der Waals surface area contributed by atoms with Crippen molar-refractivity contribution >= 4 is 38.7 Å². The minimum Gasteiger partial charge on any atom is -0.471 e. The number of pyridine rings is 1. The van der Waals surface area contributed by atoms with E-state index >= 15 is 0 Å². The van der Waals surface area contributed by atoms with E-state index in [4.69, 9.17) is 22.4 Å². The average molecular weight is 544 g/mol. The van der Waals surface area contributed by atoms with Gasteiger partial charge in [-0.15, -0.1) is 6.42 Å². The van der Waals surface area contributed by atoms with E-state index in [9.17, 15) is 12.8 Å². The zero-order valence-corrected chi connectivity index (χ0v) is 21.2. The van der Waals surface area contributed by atoms with Gasteiger partial charge in [0.15, 0.2) is 0 Å². The van der Waals surface area contributed by atoms with Crippen molar-refractivity contribution in [3.63, 3.8) is 0 Å². The maximum atomic E-state index is 14.9. The molecular formula is C24H23ClFN7O3S. The maximum Gasteiger partial charge on any atom is 0.265 e. The Labute approximate surface area is 218 Å². The van der Waals surface area contributed by atoms with Crippen molar-refractivity contribution in [1.82, 2.24) is 9.88 Å². The summed E-state index contributed by atoms with van der Waals surface area (Å²) in [5.41, 5.74) is 1.72. The molecule has 0 aliphatic carbocycles. The van der Waals surface area contributed by atoms with Crippen LogP contribution < -0.4 is 14.6 Å². The molecule has 4 heterocycles. The number of halogens is 2. The van der Waals surface area contributed by atoms with Crippen LogP contribution in [0, 0.1) is 18.2 Å². The normalized spacial score (nSPS) is 18.2. The molecule has 1 aromatic carbocycles. The van der Waals surface area contributed by atoms with Crippen LogP contribution in [-0.2, 0) is 10.0 Å². The fourth-order valence-electron chi connectivity index (χ4n) is 4.23. The summed E-state index contributed by atoms with van der Waals surface area (Å²) in [4.78, 5) is 8.75. The molecule has 1 atom stereocenters. The van der Waals surface area contributed by atoms with Gasteiger partial charge < -0.3 is 9.32 Å². The van der Waals surface area contributed by atoms with Crippen molar-refractivity contribution in [2.45, 2.75) is 10.9 Å². The van der Waals surface area contributed by atoms with Gasteiger partial charge in [0.25, 0.3) is 10.0 Å². The van der Waals surface area contributed by atoms with Crippen molar-refractivity contribution in [2.24, 2.45) is 10.3 Å². The fraction of sp³-hybridized carbons (Fsp3) is 0.292. The number of nitrogens with zero attached hydrogens (tertiary/aromatic N) is 6. The molecule has 2 aliphatic heterocycles. The van der Waals surface area contributed by atoms with Crippen LogP contribution in [0.4, 0.5) is 21.5 Å². The van der Waals surface area contributed by atoms with E-state index in [1.807, 2.05) is 6.07 Å². The molecule has 5 rings (SSSR count). The monoisotopic (exact) mass is 543 g/mol. The second-order valence-corrected chi connectivity index (χ2v) is 10.6. The summed E-state index contributed by atoms with van der Waals surface area (Å²) >= 11 is 6.45. The number of sulfonamides is 1. The van der Waals surface area contributed by atoms with Crippen LogP contribution in [0.15, 0.2) is 68.8 Å². The van der Waals surface area contributed by atoms with Crippen LogP contribution in [0.5, 0.6) is 0 Å². The van der Waals surface area contributed by atoms with Crippen molar-refractivity contribution in [2.75, 3.05) is 53.9 Å². The molecule has 3 aromatic rings. The molecule has 1 saturated heterocycles. The Morgan fingerprint density at radius 2 is 2.03 bits per heavy atom. The highest BCUT2D eigenvalue weighted by atomic mass is 35.5. The third-order valence-electron chi connectivity index (χ3n) is 6.20. The molecule has 0 amide bonds. The van der Waals surface area contributed by atoms with Gasteiger partial charge in [0.05, 0.1) is 41.9 Å². The van der Waals surface area contributed by atoms with Gasteiger partial charge in [0.2, 0.25) is 0 Å². The molecule has 10 nitrogen and oxygen atoms in total. The molecule has 1 fully saturated rings. The summed E-state index contributed by atoms with van der Waals surface area (Å²) in [5.74, 6) is 2.02. The number of nitrogens with one attached hydrogen (secondary N) is 1. The highest BCUT2D eigenvalue weighted by molar-refractivity contribution is 7.92. The standard InChI is InChI=1S/C24H23ClFN7O3S/c1-2-6-31-7-9-32(10-8-31)18-12-17(13-27-14-18)22-15-33(30-28-22)24-20(26)3-4-21(23(24)25)29-37(34,35)19-5-11-36-16-19/h1,3-5,11-14,16,22,29H,6-10,15H2. The van der Waals surface area contributed by atoms with E-state index in [0.29, 0.717) is 6.54 Å². The molecule has 0 spiro atoms. The number of terminal acetylenes is 1. The molecule has 1 N–H and O–H groups in total. The van der Waals surface area contributed by atoms with E-state index in [1.165, 1.54) is 23.4 Å². The number of hydrogen-bond donors (Lipinski definition) is 1. The number of furan rings is 1. The first-order valence-electron chi connectivity index (χ1n) is 11.4. The SMILES string of the molecule is C#CCN1CCN(c2cncc(C3CN(c4c(F)ccc(NS(=O)(=O)c5ccoc5)c4Cl)N=N3)c2)CC1. The molecular weight excluding hydrogens is 521 g/mol. The maximum absolute atomic E-state index is 14.9. The predicted molar refractivity (Wildman–Crippen MR) is 138 cm³/mol. The van der Waals surface area contributed by atoms with Gasteiger partial charge in [-0.25, -0.2) is 17.8 Å². The molecule has 0 saturated carbocycles. The summed E-state index contributed by atoms with van der Waals surface area (Å²) < 4.78 is 47.2. The Hall–Kier alpha value is -3.66. The summed E-state index contributed by atoms with van der Waals surface area (Å²) in [7, 11) is -3.97. The first-order valence-corrected chi connectivity index (χ1v) is 13.3. The third kappa shape index (κ3) is 5.24. The Kier molecular flexibility index (Phi) is 7.01. The van der Waals surface area contributed by atoms with Gasteiger partial charge in [-0.3, -0.25) is 14.6 Å². The number of benzene rings is 1. The van der Waals surface area contributed by atoms with Gasteiger partial charge in [-0.2, -0.15) is 5.11 Å². The first kappa shape index (κ1) is 25.0. The first-order chi connectivity index (χ1) is 17.9. The van der Waals surface area contributed by atoms with Crippen LogP contribution in [0.1, 0.15) is 11.6 Å². The van der Waals surface area contributed by atoms with Crippen LogP contribution in [-0.4, -0.2) is 57.6 Å². The average Bonchev–Trinajstić information content (AvgIpc) is 3.60. The van der Waals surface area contributed by atoms with E-state index < -0.39 is 21.9 Å². The Morgan fingerprint density at radius 3 is 2.76 bits per heavy atom. The number of rotatable bonds is 7. The highest BCUT2D eigenvalue weighted by Gasteiger charge is 2.29. The second-order valence-electron chi connectivity index (χ2n) is 8.57. The van der Waals surface area contributed by atoms with Gasteiger partial charge in [0, 0.05) is 37.9 Å². The molecule has 1 unspecified atom stereocenters. The van der Waals surface area contributed by atoms with E-state index in [2.05, 4.69) is 35.8 Å². The molecule has 2 aliphatic rings. The largest absolute Gasteiger partial charge is 0.471 e. The second kappa shape index (κ2) is 10.4. The summed E-state index contributed by atoms with van der Waals surface area (Å²) in [5, 5.41) is 9.61. The van der Waals surface area contributed by atoms with E-state index in [-0.39, 0.29) is 27.8 Å². The lowest BCUT2D eigenvalue weighted by Gasteiger charge is -2.35. The third-order valence-corrected chi connectivity index (χ3v) is 7.93. The lowest BCUT2D eigenvalue weighted by Crippen LogP contribution is -2.46. The van der Waals surface area contributed by atoms with Gasteiger partial charge in [-0.05, 0) is 24.3 Å². The van der Waals surface area contributed by atoms with Gasteiger partial charge >= 0.3 is 0 Å². The molecule has 13 heteroatoms. The zero-order valence-electron chi connectivity index (χ0n) is 19.6. The number of hydrogen-bond acceptors (Lipinski definition) is 9. The molecule has 0 bridgehead atoms. The van der Waals surface area contributed by atoms with Crippen molar-refractivity contribution in [3.8, 4) is 12.3 Å². The van der Waals surface area contributed by atoms with Crippen LogP contribution in [0.3, 0.4) is 0 Å². The molecule has 37 heavy (non-hydrogen) atoms. The number of aromatic nitrogens is 1. The van der Waals surface area contributed by atoms with Crippen molar-refractivity contribution < 1.29 is 17.2 Å². The van der Waals surface area contributed by atoms with Gasteiger partial charge in [0.1, 0.15) is 28.7 Å². The summed E-state index contributed by atoms with van der Waals surface area (Å²) in [6, 6.07) is 5.26. The van der Waals surface area contributed by atoms with Gasteiger partial charge in [-0.1, -0.05) is 22.7 Å². The van der Waals surface area contributed by atoms with Crippen molar-refractivity contribution in [1.29, 1.82) is 0 Å². The van der Waals surface area contributed by atoms with E-state index in [0.717, 1.165) is 49.8 Å². The van der Waals surface area contributed by atoms with E-state index in [1.54, 1.807) is 12.4 Å². The smallest absolute Gasteiger partial charge is 0.265 e. The zero-order chi connectivity index (χ0) is 26.0. The van der Waals surface area contributed by atoms with Crippen LogP contribution >= 0.6 is 11.6 Å². The molecule has 2 aromatic heterocycles. The molecule has 192 valence electrons. The Morgan fingerprint density at radius 1 is 1.22 bits per heavy atom. The minimum atomic E-state index is -3.97. The molecule has 0 radical (unpaired) electrons. The number of anilines is 3.